The number of nitrogens with zero attached hydrogens (tertiary/aromatic N) is 3. The van der Waals surface area contributed by atoms with Gasteiger partial charge in [0.1, 0.15) is 0 Å². The second kappa shape index (κ2) is 6.71. The van der Waals surface area contributed by atoms with Crippen LogP contribution in [0.3, 0.4) is 0 Å². The largest absolute Gasteiger partial charge is 0.419 e. The maximum Gasteiger partial charge on any atom is 0.249 e. The van der Waals surface area contributed by atoms with E-state index in [-0.39, 0.29) is 0 Å². The first kappa shape index (κ1) is 15.4. The maximum atomic E-state index is 6.13. The van der Waals surface area contributed by atoms with Crippen molar-refractivity contribution >= 4 is 23.0 Å². The van der Waals surface area contributed by atoms with E-state index in [0.29, 0.717) is 23.3 Å². The SMILES string of the molecule is CN(C)c1ccc(NCc2nnc(-c3ccccc3Cl)o2)cc1. The van der Waals surface area contributed by atoms with Gasteiger partial charge in [-0.3, -0.25) is 0 Å². The Morgan fingerprint density at radius 1 is 1.04 bits per heavy atom. The molecule has 0 aliphatic rings. The third-order valence-corrected chi connectivity index (χ3v) is 3.73. The number of rotatable bonds is 5. The molecule has 0 aliphatic heterocycles. The lowest BCUT2D eigenvalue weighted by molar-refractivity contribution is 0.515. The zero-order valence-corrected chi connectivity index (χ0v) is 13.7. The lowest BCUT2D eigenvalue weighted by atomic mass is 10.2. The smallest absolute Gasteiger partial charge is 0.249 e. The van der Waals surface area contributed by atoms with Gasteiger partial charge in [-0.05, 0) is 36.4 Å². The van der Waals surface area contributed by atoms with Crippen LogP contribution in [0.4, 0.5) is 11.4 Å². The third-order valence-electron chi connectivity index (χ3n) is 3.40. The summed E-state index contributed by atoms with van der Waals surface area (Å²) in [6.07, 6.45) is 0. The van der Waals surface area contributed by atoms with E-state index < -0.39 is 0 Å². The second-order valence-electron chi connectivity index (χ2n) is 5.28. The Kier molecular flexibility index (Phi) is 4.48. The van der Waals surface area contributed by atoms with E-state index >= 15 is 0 Å². The van der Waals surface area contributed by atoms with Gasteiger partial charge >= 0.3 is 0 Å². The predicted octanol–water partition coefficient (Wildman–Crippen LogP) is 4.07. The number of benzene rings is 2. The third kappa shape index (κ3) is 3.63. The summed E-state index contributed by atoms with van der Waals surface area (Å²) < 4.78 is 5.66. The summed E-state index contributed by atoms with van der Waals surface area (Å²) in [5, 5.41) is 11.9. The fourth-order valence-corrected chi connectivity index (χ4v) is 2.34. The summed E-state index contributed by atoms with van der Waals surface area (Å²) in [7, 11) is 4.02. The number of aromatic nitrogens is 2. The van der Waals surface area contributed by atoms with Crippen LogP contribution >= 0.6 is 11.6 Å². The van der Waals surface area contributed by atoms with E-state index in [4.69, 9.17) is 16.0 Å². The van der Waals surface area contributed by atoms with Gasteiger partial charge in [-0.1, -0.05) is 23.7 Å². The van der Waals surface area contributed by atoms with Gasteiger partial charge in [0.05, 0.1) is 17.1 Å². The summed E-state index contributed by atoms with van der Waals surface area (Å²) in [6.45, 7) is 0.457. The van der Waals surface area contributed by atoms with Crippen LogP contribution in [0, 0.1) is 0 Å². The van der Waals surface area contributed by atoms with Crippen LogP contribution in [-0.4, -0.2) is 24.3 Å². The van der Waals surface area contributed by atoms with Gasteiger partial charge in [0.15, 0.2) is 0 Å². The van der Waals surface area contributed by atoms with Crippen molar-refractivity contribution in [2.45, 2.75) is 6.54 Å². The monoisotopic (exact) mass is 328 g/mol. The minimum Gasteiger partial charge on any atom is -0.419 e. The maximum absolute atomic E-state index is 6.13. The quantitative estimate of drug-likeness (QED) is 0.765. The van der Waals surface area contributed by atoms with Crippen LogP contribution < -0.4 is 10.2 Å². The highest BCUT2D eigenvalue weighted by Crippen LogP contribution is 2.26. The summed E-state index contributed by atoms with van der Waals surface area (Å²) in [5.41, 5.74) is 2.88. The fraction of sp³-hybridized carbons (Fsp3) is 0.176. The predicted molar refractivity (Wildman–Crippen MR) is 92.8 cm³/mol. The molecule has 0 saturated carbocycles. The van der Waals surface area contributed by atoms with E-state index in [1.54, 1.807) is 6.07 Å². The normalized spacial score (nSPS) is 10.6. The van der Waals surface area contributed by atoms with Crippen molar-refractivity contribution < 1.29 is 4.42 Å². The van der Waals surface area contributed by atoms with E-state index in [1.165, 1.54) is 0 Å². The molecule has 1 heterocycles. The van der Waals surface area contributed by atoms with Crippen molar-refractivity contribution in [1.29, 1.82) is 0 Å². The lowest BCUT2D eigenvalue weighted by Gasteiger charge is -2.12. The van der Waals surface area contributed by atoms with Crippen LogP contribution in [0.5, 0.6) is 0 Å². The molecule has 2 aromatic carbocycles. The van der Waals surface area contributed by atoms with Crippen LogP contribution in [-0.2, 0) is 6.54 Å². The molecule has 6 heteroatoms. The Morgan fingerprint density at radius 2 is 1.78 bits per heavy atom. The number of anilines is 2. The molecular formula is C17H17ClN4O. The van der Waals surface area contributed by atoms with Crippen LogP contribution in [0.2, 0.25) is 5.02 Å². The average Bonchev–Trinajstić information content (AvgIpc) is 3.02. The summed E-state index contributed by atoms with van der Waals surface area (Å²) >= 11 is 6.13. The number of hydrogen-bond donors (Lipinski definition) is 1. The highest BCUT2D eigenvalue weighted by Gasteiger charge is 2.11. The second-order valence-corrected chi connectivity index (χ2v) is 5.68. The molecule has 118 valence electrons. The Morgan fingerprint density at radius 3 is 2.48 bits per heavy atom. The van der Waals surface area contributed by atoms with Crippen molar-refractivity contribution in [3.8, 4) is 11.5 Å². The van der Waals surface area contributed by atoms with Gasteiger partial charge in [0.2, 0.25) is 11.8 Å². The van der Waals surface area contributed by atoms with Crippen molar-refractivity contribution in [3.63, 3.8) is 0 Å². The van der Waals surface area contributed by atoms with Crippen molar-refractivity contribution in [1.82, 2.24) is 10.2 Å². The molecular weight excluding hydrogens is 312 g/mol. The molecule has 3 rings (SSSR count). The molecule has 3 aromatic rings. The number of hydrogen-bond acceptors (Lipinski definition) is 5. The van der Waals surface area contributed by atoms with Crippen molar-refractivity contribution in [3.05, 3.63) is 59.4 Å². The first-order chi connectivity index (χ1) is 11.1. The highest BCUT2D eigenvalue weighted by atomic mass is 35.5. The van der Waals surface area contributed by atoms with Gasteiger partial charge in [-0.25, -0.2) is 0 Å². The first-order valence-corrected chi connectivity index (χ1v) is 7.60. The molecule has 23 heavy (non-hydrogen) atoms. The van der Waals surface area contributed by atoms with Gasteiger partial charge in [-0.15, -0.1) is 10.2 Å². The fourth-order valence-electron chi connectivity index (χ4n) is 2.12. The Hall–Kier alpha value is -2.53. The molecule has 0 bridgehead atoms. The highest BCUT2D eigenvalue weighted by molar-refractivity contribution is 6.33. The first-order valence-electron chi connectivity index (χ1n) is 7.22. The molecule has 0 unspecified atom stereocenters. The molecule has 5 nitrogen and oxygen atoms in total. The summed E-state index contributed by atoms with van der Waals surface area (Å²) in [4.78, 5) is 2.05. The summed E-state index contributed by atoms with van der Waals surface area (Å²) in [5.74, 6) is 0.937. The molecule has 1 N–H and O–H groups in total. The van der Waals surface area contributed by atoms with Gasteiger partial charge < -0.3 is 14.6 Å². The van der Waals surface area contributed by atoms with Crippen LogP contribution in [0.15, 0.2) is 52.9 Å². The van der Waals surface area contributed by atoms with E-state index in [0.717, 1.165) is 16.9 Å². The Balaban J connectivity index is 1.67. The molecule has 0 saturated heterocycles. The van der Waals surface area contributed by atoms with Gasteiger partial charge in [-0.2, -0.15) is 0 Å². The minimum atomic E-state index is 0.426. The molecule has 0 radical (unpaired) electrons. The van der Waals surface area contributed by atoms with E-state index in [2.05, 4.69) is 20.4 Å². The molecule has 1 aromatic heterocycles. The average molecular weight is 329 g/mol. The van der Waals surface area contributed by atoms with E-state index in [9.17, 15) is 0 Å². The topological polar surface area (TPSA) is 54.2 Å². The minimum absolute atomic E-state index is 0.426. The number of nitrogens with one attached hydrogen (secondary N) is 1. The summed E-state index contributed by atoms with van der Waals surface area (Å²) in [6, 6.07) is 15.5. The van der Waals surface area contributed by atoms with E-state index in [1.807, 2.05) is 56.6 Å². The van der Waals surface area contributed by atoms with Crippen molar-refractivity contribution in [2.75, 3.05) is 24.3 Å². The van der Waals surface area contributed by atoms with Gasteiger partial charge in [0.25, 0.3) is 0 Å². The molecule has 0 atom stereocenters. The Labute approximate surface area is 139 Å². The molecule has 0 aliphatic carbocycles. The zero-order chi connectivity index (χ0) is 16.2. The number of halogens is 1. The standard InChI is InChI=1S/C17H17ClN4O/c1-22(2)13-9-7-12(8-10-13)19-11-16-20-21-17(23-16)14-5-3-4-6-15(14)18/h3-10,19H,11H2,1-2H3. The molecule has 0 amide bonds. The molecule has 0 fully saturated rings. The van der Waals surface area contributed by atoms with Gasteiger partial charge in [0, 0.05) is 25.5 Å². The zero-order valence-electron chi connectivity index (χ0n) is 13.0. The lowest BCUT2D eigenvalue weighted by Crippen LogP contribution is -2.08. The molecule has 0 spiro atoms. The van der Waals surface area contributed by atoms with Crippen LogP contribution in [0.25, 0.3) is 11.5 Å². The Bertz CT molecular complexity index is 783. The van der Waals surface area contributed by atoms with Crippen molar-refractivity contribution in [2.24, 2.45) is 0 Å². The van der Waals surface area contributed by atoms with Crippen LogP contribution in [0.1, 0.15) is 5.89 Å².